The Labute approximate surface area is 94.0 Å². The number of rotatable bonds is 3. The Hall–Kier alpha value is -1.42. The van der Waals surface area contributed by atoms with Crippen molar-refractivity contribution < 1.29 is 15.0 Å². The molecule has 16 heavy (non-hydrogen) atoms. The van der Waals surface area contributed by atoms with Gasteiger partial charge in [0.25, 0.3) is 0 Å². The lowest BCUT2D eigenvalue weighted by Gasteiger charge is -2.24. The van der Waals surface area contributed by atoms with Crippen LogP contribution in [0, 0.1) is 5.92 Å². The molecule has 0 aromatic rings. The van der Waals surface area contributed by atoms with E-state index in [-0.39, 0.29) is 11.5 Å². The van der Waals surface area contributed by atoms with Crippen LogP contribution >= 0.6 is 0 Å². The number of Topliss-reactive ketones (excluding diaryl/α,β-unsaturated/α-hetero) is 1. The van der Waals surface area contributed by atoms with Crippen molar-refractivity contribution >= 4 is 12.0 Å². The van der Waals surface area contributed by atoms with Crippen molar-refractivity contribution in [3.63, 3.8) is 0 Å². The van der Waals surface area contributed by atoms with Gasteiger partial charge in [-0.1, -0.05) is 6.08 Å². The third-order valence-electron chi connectivity index (χ3n) is 3.06. The zero-order valence-electron chi connectivity index (χ0n) is 9.18. The van der Waals surface area contributed by atoms with Gasteiger partial charge in [-0.15, -0.1) is 0 Å². The molecule has 0 saturated heterocycles. The molecule has 0 aromatic carbocycles. The first-order chi connectivity index (χ1) is 7.59. The first-order valence-electron chi connectivity index (χ1n) is 5.45. The second-order valence-corrected chi connectivity index (χ2v) is 4.28. The standard InChI is InChI=1S/C12H15NO3/c1-7-6-8(4-5-13-7)2-3-9-10(14)12(16)11(9)15/h5-6,8,12,14,16H,2-4H2,1H3. The average molecular weight is 221 g/mol. The maximum absolute atomic E-state index is 11.2. The summed E-state index contributed by atoms with van der Waals surface area (Å²) >= 11 is 0. The van der Waals surface area contributed by atoms with Crippen LogP contribution in [0.5, 0.6) is 0 Å². The largest absolute Gasteiger partial charge is 0.509 e. The minimum Gasteiger partial charge on any atom is -0.509 e. The molecule has 1 aliphatic heterocycles. The first kappa shape index (κ1) is 11.1. The monoisotopic (exact) mass is 221 g/mol. The van der Waals surface area contributed by atoms with Crippen molar-refractivity contribution in [1.82, 2.24) is 0 Å². The molecule has 0 aromatic heterocycles. The smallest absolute Gasteiger partial charge is 0.198 e. The second kappa shape index (κ2) is 4.22. The van der Waals surface area contributed by atoms with E-state index in [0.29, 0.717) is 17.9 Å². The number of carbonyl (C=O) groups excluding carboxylic acids is 1. The highest BCUT2D eigenvalue weighted by atomic mass is 16.3. The van der Waals surface area contributed by atoms with Gasteiger partial charge in [-0.3, -0.25) is 9.79 Å². The number of hydrogen-bond donors (Lipinski definition) is 2. The zero-order chi connectivity index (χ0) is 11.7. The van der Waals surface area contributed by atoms with Crippen LogP contribution in [0.25, 0.3) is 0 Å². The molecule has 86 valence electrons. The summed E-state index contributed by atoms with van der Waals surface area (Å²) < 4.78 is 0. The molecule has 4 heteroatoms. The molecule has 4 nitrogen and oxygen atoms in total. The third kappa shape index (κ3) is 1.93. The van der Waals surface area contributed by atoms with Gasteiger partial charge < -0.3 is 10.2 Å². The lowest BCUT2D eigenvalue weighted by molar-refractivity contribution is -0.127. The molecule has 2 atom stereocenters. The van der Waals surface area contributed by atoms with Crippen molar-refractivity contribution in [2.75, 3.05) is 0 Å². The number of nitrogens with zero attached hydrogens (tertiary/aromatic N) is 1. The Bertz CT molecular complexity index is 406. The summed E-state index contributed by atoms with van der Waals surface area (Å²) in [4.78, 5) is 15.4. The number of carbonyl (C=O) groups is 1. The van der Waals surface area contributed by atoms with Crippen LogP contribution in [0.15, 0.2) is 28.1 Å². The van der Waals surface area contributed by atoms with E-state index in [0.717, 1.165) is 18.5 Å². The summed E-state index contributed by atoms with van der Waals surface area (Å²) in [6, 6.07) is 0. The highest BCUT2D eigenvalue weighted by Crippen LogP contribution is 2.29. The molecule has 2 aliphatic rings. The van der Waals surface area contributed by atoms with Crippen molar-refractivity contribution in [3.05, 3.63) is 23.1 Å². The topological polar surface area (TPSA) is 69.9 Å². The fraction of sp³-hybridized carbons (Fsp3) is 0.500. The summed E-state index contributed by atoms with van der Waals surface area (Å²) in [5.74, 6) is -0.0961. The van der Waals surface area contributed by atoms with E-state index in [1.54, 1.807) is 0 Å². The molecule has 1 aliphatic carbocycles. The molecule has 0 radical (unpaired) electrons. The van der Waals surface area contributed by atoms with E-state index in [4.69, 9.17) is 5.11 Å². The fourth-order valence-corrected chi connectivity index (χ4v) is 2.07. The van der Waals surface area contributed by atoms with Gasteiger partial charge in [0.05, 0.1) is 0 Å². The molecule has 2 N–H and O–H groups in total. The summed E-state index contributed by atoms with van der Waals surface area (Å²) in [5, 5.41) is 18.3. The Morgan fingerprint density at radius 3 is 2.94 bits per heavy atom. The Balaban J connectivity index is 1.90. The number of ketones is 1. The van der Waals surface area contributed by atoms with Crippen LogP contribution in [0.1, 0.15) is 26.2 Å². The minimum absolute atomic E-state index is 0.143. The average Bonchev–Trinajstić information content (AvgIpc) is 2.28. The molecule has 0 fully saturated rings. The van der Waals surface area contributed by atoms with Crippen molar-refractivity contribution in [2.24, 2.45) is 10.9 Å². The first-order valence-corrected chi connectivity index (χ1v) is 5.45. The molecule has 2 unspecified atom stereocenters. The zero-order valence-corrected chi connectivity index (χ0v) is 9.18. The van der Waals surface area contributed by atoms with Crippen molar-refractivity contribution in [2.45, 2.75) is 32.3 Å². The summed E-state index contributed by atoms with van der Waals surface area (Å²) in [6.45, 7) is 1.94. The van der Waals surface area contributed by atoms with Crippen LogP contribution in [0.4, 0.5) is 0 Å². The number of hydrogen-bond acceptors (Lipinski definition) is 4. The predicted octanol–water partition coefficient (Wildman–Crippen LogP) is 1.52. The Morgan fingerprint density at radius 2 is 2.31 bits per heavy atom. The maximum atomic E-state index is 11.2. The highest BCUT2D eigenvalue weighted by Gasteiger charge is 2.37. The molecule has 0 saturated carbocycles. The van der Waals surface area contributed by atoms with Gasteiger partial charge in [-0.2, -0.15) is 0 Å². The number of aliphatic hydroxyl groups is 2. The van der Waals surface area contributed by atoms with Gasteiger partial charge in [-0.05, 0) is 32.1 Å². The van der Waals surface area contributed by atoms with Crippen LogP contribution < -0.4 is 0 Å². The van der Waals surface area contributed by atoms with E-state index in [2.05, 4.69) is 11.1 Å². The van der Waals surface area contributed by atoms with E-state index >= 15 is 0 Å². The highest BCUT2D eigenvalue weighted by molar-refractivity contribution is 6.07. The van der Waals surface area contributed by atoms with Crippen LogP contribution in [-0.2, 0) is 4.79 Å². The Morgan fingerprint density at radius 1 is 1.56 bits per heavy atom. The third-order valence-corrected chi connectivity index (χ3v) is 3.06. The van der Waals surface area contributed by atoms with E-state index < -0.39 is 6.10 Å². The van der Waals surface area contributed by atoms with Crippen LogP contribution in [-0.4, -0.2) is 28.3 Å². The summed E-state index contributed by atoms with van der Waals surface area (Å²) in [6.07, 6.45) is 4.91. The molecular weight excluding hydrogens is 206 g/mol. The summed E-state index contributed by atoms with van der Waals surface area (Å²) in [7, 11) is 0. The van der Waals surface area contributed by atoms with Gasteiger partial charge in [0.2, 0.25) is 0 Å². The van der Waals surface area contributed by atoms with Gasteiger partial charge in [-0.25, -0.2) is 0 Å². The van der Waals surface area contributed by atoms with Gasteiger partial charge in [0.1, 0.15) is 5.76 Å². The van der Waals surface area contributed by atoms with E-state index in [1.807, 2.05) is 13.1 Å². The fourth-order valence-electron chi connectivity index (χ4n) is 2.07. The molecule has 0 spiro atoms. The van der Waals surface area contributed by atoms with E-state index in [9.17, 15) is 9.90 Å². The lowest BCUT2D eigenvalue weighted by atomic mass is 9.84. The lowest BCUT2D eigenvalue weighted by Crippen LogP contribution is -2.36. The Kier molecular flexibility index (Phi) is 2.92. The van der Waals surface area contributed by atoms with E-state index in [1.165, 1.54) is 0 Å². The SMILES string of the molecule is CC1=CC(CCC2=C(O)C(O)C2=O)CC=N1. The number of allylic oxidation sites excluding steroid dienone is 2. The molecule has 2 rings (SSSR count). The summed E-state index contributed by atoms with van der Waals surface area (Å²) in [5.41, 5.74) is 1.38. The quantitative estimate of drug-likeness (QED) is 0.759. The van der Waals surface area contributed by atoms with Crippen LogP contribution in [0.2, 0.25) is 0 Å². The van der Waals surface area contributed by atoms with Gasteiger partial charge in [0, 0.05) is 17.5 Å². The normalized spacial score (nSPS) is 29.1. The predicted molar refractivity (Wildman–Crippen MR) is 60.3 cm³/mol. The molecular formula is C12H15NO3. The van der Waals surface area contributed by atoms with Crippen LogP contribution in [0.3, 0.4) is 0 Å². The number of aliphatic imine (C=N–C) groups is 1. The molecule has 0 bridgehead atoms. The van der Waals surface area contributed by atoms with Gasteiger partial charge in [0.15, 0.2) is 11.9 Å². The van der Waals surface area contributed by atoms with Crippen molar-refractivity contribution in [1.29, 1.82) is 0 Å². The minimum atomic E-state index is -1.26. The maximum Gasteiger partial charge on any atom is 0.198 e. The second-order valence-electron chi connectivity index (χ2n) is 4.28. The van der Waals surface area contributed by atoms with Gasteiger partial charge >= 0.3 is 0 Å². The van der Waals surface area contributed by atoms with Crippen molar-refractivity contribution in [3.8, 4) is 0 Å². The molecule has 0 amide bonds. The number of aliphatic hydroxyl groups excluding tert-OH is 2. The molecule has 1 heterocycles.